The van der Waals surface area contributed by atoms with Gasteiger partial charge in [-0.05, 0) is 11.6 Å². The lowest BCUT2D eigenvalue weighted by Crippen LogP contribution is -2.44. The summed E-state index contributed by atoms with van der Waals surface area (Å²) in [7, 11) is 2.07. The van der Waals surface area contributed by atoms with Crippen LogP contribution in [0.5, 0.6) is 0 Å². The lowest BCUT2D eigenvalue weighted by molar-refractivity contribution is 0.165. The molecule has 1 aliphatic heterocycles. The summed E-state index contributed by atoms with van der Waals surface area (Å²) in [5, 5.41) is 3.38. The first-order chi connectivity index (χ1) is 12.3. The minimum absolute atomic E-state index is 0.368. The summed E-state index contributed by atoms with van der Waals surface area (Å²) in [6, 6.07) is 12.8. The van der Waals surface area contributed by atoms with E-state index >= 15 is 0 Å². The summed E-state index contributed by atoms with van der Waals surface area (Å²) in [6.07, 6.45) is 6.41. The molecule has 2 aromatic heterocycles. The fourth-order valence-corrected chi connectivity index (χ4v) is 3.38. The highest BCUT2D eigenvalue weighted by Crippen LogP contribution is 2.24. The molecule has 4 rings (SSSR count). The van der Waals surface area contributed by atoms with E-state index in [4.69, 9.17) is 0 Å². The van der Waals surface area contributed by atoms with Gasteiger partial charge in [0, 0.05) is 57.2 Å². The van der Waals surface area contributed by atoms with E-state index in [1.807, 2.05) is 12.4 Å². The van der Waals surface area contributed by atoms with Gasteiger partial charge in [0.2, 0.25) is 5.95 Å². The maximum atomic E-state index is 4.58. The lowest BCUT2D eigenvalue weighted by atomic mass is 10.0. The third-order valence-electron chi connectivity index (χ3n) is 4.73. The summed E-state index contributed by atoms with van der Waals surface area (Å²) in [5.74, 6) is 0.679. The summed E-state index contributed by atoms with van der Waals surface area (Å²) < 4.78 is 2.14. The molecule has 6 nitrogen and oxygen atoms in total. The van der Waals surface area contributed by atoms with Crippen molar-refractivity contribution < 1.29 is 0 Å². The van der Waals surface area contributed by atoms with E-state index in [1.165, 1.54) is 17.0 Å². The van der Waals surface area contributed by atoms with E-state index in [9.17, 15) is 0 Å². The number of imidazole rings is 1. The zero-order valence-electron chi connectivity index (χ0n) is 14.3. The Hall–Kier alpha value is -2.73. The molecule has 1 aliphatic rings. The molecule has 0 saturated carbocycles. The van der Waals surface area contributed by atoms with Crippen molar-refractivity contribution in [3.63, 3.8) is 0 Å². The molecule has 0 amide bonds. The van der Waals surface area contributed by atoms with Crippen LogP contribution in [0.4, 0.5) is 5.95 Å². The monoisotopic (exact) mass is 334 g/mol. The van der Waals surface area contributed by atoms with Crippen molar-refractivity contribution in [1.82, 2.24) is 24.4 Å². The minimum Gasteiger partial charge on any atom is -0.353 e. The maximum absolute atomic E-state index is 4.58. The normalized spacial score (nSPS) is 17.2. The van der Waals surface area contributed by atoms with Crippen LogP contribution in [-0.2, 0) is 26.6 Å². The highest BCUT2D eigenvalue weighted by Gasteiger charge is 2.28. The molecule has 0 saturated heterocycles. The molecule has 128 valence electrons. The maximum Gasteiger partial charge on any atom is 0.222 e. The molecule has 0 unspecified atom stereocenters. The van der Waals surface area contributed by atoms with Gasteiger partial charge < -0.3 is 9.88 Å². The van der Waals surface area contributed by atoms with Gasteiger partial charge in [0.15, 0.2) is 0 Å². The van der Waals surface area contributed by atoms with Gasteiger partial charge in [0.1, 0.15) is 0 Å². The quantitative estimate of drug-likeness (QED) is 0.775. The minimum atomic E-state index is 0.368. The Morgan fingerprint density at radius 1 is 1.08 bits per heavy atom. The molecule has 1 N–H and O–H groups in total. The zero-order valence-corrected chi connectivity index (χ0v) is 14.3. The largest absolute Gasteiger partial charge is 0.353 e. The predicted molar refractivity (Wildman–Crippen MR) is 96.9 cm³/mol. The van der Waals surface area contributed by atoms with Crippen molar-refractivity contribution in [1.29, 1.82) is 0 Å². The van der Waals surface area contributed by atoms with E-state index in [0.717, 1.165) is 26.1 Å². The van der Waals surface area contributed by atoms with Crippen molar-refractivity contribution in [3.05, 3.63) is 72.1 Å². The number of fused-ring (bicyclic) bond motifs is 1. The Balaban J connectivity index is 1.53. The first-order valence-corrected chi connectivity index (χ1v) is 8.57. The second-order valence-electron chi connectivity index (χ2n) is 6.45. The van der Waals surface area contributed by atoms with Crippen molar-refractivity contribution in [2.45, 2.75) is 25.6 Å². The van der Waals surface area contributed by atoms with Gasteiger partial charge in [0.05, 0.1) is 12.0 Å². The number of hydrogen-bond donors (Lipinski definition) is 1. The molecule has 1 aromatic carbocycles. The van der Waals surface area contributed by atoms with E-state index in [2.05, 4.69) is 67.1 Å². The van der Waals surface area contributed by atoms with E-state index in [0.29, 0.717) is 12.0 Å². The Kier molecular flexibility index (Phi) is 4.43. The van der Waals surface area contributed by atoms with E-state index in [-0.39, 0.29) is 0 Å². The van der Waals surface area contributed by atoms with Crippen molar-refractivity contribution in [3.8, 4) is 0 Å². The molecular weight excluding hydrogens is 312 g/mol. The van der Waals surface area contributed by atoms with Crippen molar-refractivity contribution >= 4 is 5.95 Å². The summed E-state index contributed by atoms with van der Waals surface area (Å²) in [5.41, 5.74) is 3.83. The number of nitrogens with zero attached hydrogens (tertiary/aromatic N) is 5. The van der Waals surface area contributed by atoms with Gasteiger partial charge in [-0.25, -0.2) is 15.0 Å². The Morgan fingerprint density at radius 3 is 2.68 bits per heavy atom. The molecule has 1 atom stereocenters. The zero-order chi connectivity index (χ0) is 17.1. The topological polar surface area (TPSA) is 58.9 Å². The first kappa shape index (κ1) is 15.8. The van der Waals surface area contributed by atoms with E-state index < -0.39 is 0 Å². The van der Waals surface area contributed by atoms with Crippen LogP contribution in [0.1, 0.15) is 17.0 Å². The van der Waals surface area contributed by atoms with Gasteiger partial charge in [0.25, 0.3) is 0 Å². The highest BCUT2D eigenvalue weighted by molar-refractivity contribution is 5.25. The molecule has 25 heavy (non-hydrogen) atoms. The average molecular weight is 334 g/mol. The third-order valence-corrected chi connectivity index (χ3v) is 4.73. The summed E-state index contributed by atoms with van der Waals surface area (Å²) in [4.78, 5) is 15.6. The van der Waals surface area contributed by atoms with Crippen LogP contribution in [0.25, 0.3) is 0 Å². The molecule has 3 heterocycles. The van der Waals surface area contributed by atoms with Crippen LogP contribution in [0, 0.1) is 0 Å². The number of benzene rings is 1. The number of nitrogens with one attached hydrogen (secondary N) is 1. The van der Waals surface area contributed by atoms with Crippen LogP contribution in [0.15, 0.2) is 55.1 Å². The second kappa shape index (κ2) is 7.03. The van der Waals surface area contributed by atoms with Crippen LogP contribution >= 0.6 is 0 Å². The van der Waals surface area contributed by atoms with Gasteiger partial charge in [-0.3, -0.25) is 4.90 Å². The number of aromatic nitrogens is 4. The molecule has 0 spiro atoms. The van der Waals surface area contributed by atoms with Gasteiger partial charge in [-0.1, -0.05) is 30.3 Å². The molecule has 6 heteroatoms. The Labute approximate surface area is 147 Å². The van der Waals surface area contributed by atoms with Gasteiger partial charge in [-0.2, -0.15) is 0 Å². The van der Waals surface area contributed by atoms with Crippen LogP contribution in [-0.4, -0.2) is 37.0 Å². The highest BCUT2D eigenvalue weighted by atomic mass is 15.2. The van der Waals surface area contributed by atoms with Crippen LogP contribution < -0.4 is 5.32 Å². The number of rotatable bonds is 5. The molecular formula is C19H22N6. The summed E-state index contributed by atoms with van der Waals surface area (Å²) in [6.45, 7) is 2.59. The molecule has 0 fully saturated rings. The molecule has 3 aromatic rings. The SMILES string of the molecule is Cn1cnc2c1C[C@@H](CNc1ncccn1)N(Cc1ccccc1)C2. The standard InChI is InChI=1S/C19H22N6/c1-24-14-23-17-13-25(12-15-6-3-2-4-7-15)16(10-18(17)24)11-22-19-20-8-5-9-21-19/h2-9,14,16H,10-13H2,1H3,(H,20,21,22)/t16-/m0/s1. The van der Waals surface area contributed by atoms with Crippen LogP contribution in [0.3, 0.4) is 0 Å². The number of aryl methyl sites for hydroxylation is 1. The van der Waals surface area contributed by atoms with Crippen LogP contribution in [0.2, 0.25) is 0 Å². The molecule has 0 aliphatic carbocycles. The van der Waals surface area contributed by atoms with Gasteiger partial charge >= 0.3 is 0 Å². The fraction of sp³-hybridized carbons (Fsp3) is 0.316. The molecule has 0 bridgehead atoms. The second-order valence-corrected chi connectivity index (χ2v) is 6.45. The average Bonchev–Trinajstić information content (AvgIpc) is 3.01. The predicted octanol–water partition coefficient (Wildman–Crippen LogP) is 2.25. The summed E-state index contributed by atoms with van der Waals surface area (Å²) >= 11 is 0. The Morgan fingerprint density at radius 2 is 1.88 bits per heavy atom. The smallest absolute Gasteiger partial charge is 0.222 e. The van der Waals surface area contributed by atoms with Gasteiger partial charge in [-0.15, -0.1) is 0 Å². The first-order valence-electron chi connectivity index (χ1n) is 8.57. The van der Waals surface area contributed by atoms with E-state index in [1.54, 1.807) is 12.4 Å². The van der Waals surface area contributed by atoms with Crippen molar-refractivity contribution in [2.75, 3.05) is 11.9 Å². The lowest BCUT2D eigenvalue weighted by Gasteiger charge is -2.35. The van der Waals surface area contributed by atoms with Crippen molar-refractivity contribution in [2.24, 2.45) is 7.05 Å². The molecule has 0 radical (unpaired) electrons. The Bertz CT molecular complexity index is 814. The number of anilines is 1. The number of hydrogen-bond acceptors (Lipinski definition) is 5. The fourth-order valence-electron chi connectivity index (χ4n) is 3.38. The third kappa shape index (κ3) is 3.53.